The summed E-state index contributed by atoms with van der Waals surface area (Å²) in [4.78, 5) is 28.8. The molecule has 2 aromatic carbocycles. The Bertz CT molecular complexity index is 910. The van der Waals surface area contributed by atoms with Gasteiger partial charge in [0.05, 0.1) is 30.7 Å². The van der Waals surface area contributed by atoms with Crippen LogP contribution in [0.2, 0.25) is 0 Å². The van der Waals surface area contributed by atoms with Gasteiger partial charge in [-0.3, -0.25) is 9.59 Å². The van der Waals surface area contributed by atoms with Gasteiger partial charge in [-0.15, -0.1) is 11.8 Å². The SMILES string of the molecule is COc1ccc(S[C@@H](C)C(=O)Nc2ccccc2C(=O)N2CCCCCC2)cc1OC. The predicted molar refractivity (Wildman–Crippen MR) is 124 cm³/mol. The molecule has 1 fully saturated rings. The van der Waals surface area contributed by atoms with E-state index in [1.54, 1.807) is 26.4 Å². The highest BCUT2D eigenvalue weighted by Crippen LogP contribution is 2.34. The molecule has 31 heavy (non-hydrogen) atoms. The molecule has 1 aliphatic heterocycles. The highest BCUT2D eigenvalue weighted by molar-refractivity contribution is 8.00. The number of methoxy groups -OCH3 is 2. The fraction of sp³-hybridized carbons (Fsp3) is 0.417. The molecule has 0 spiro atoms. The van der Waals surface area contributed by atoms with Crippen LogP contribution in [0.4, 0.5) is 5.69 Å². The Morgan fingerprint density at radius 2 is 1.65 bits per heavy atom. The number of hydrogen-bond donors (Lipinski definition) is 1. The summed E-state index contributed by atoms with van der Waals surface area (Å²) >= 11 is 1.42. The third kappa shape index (κ3) is 5.94. The van der Waals surface area contributed by atoms with Gasteiger partial charge < -0.3 is 19.7 Å². The van der Waals surface area contributed by atoms with Crippen molar-refractivity contribution in [3.8, 4) is 11.5 Å². The molecule has 0 radical (unpaired) electrons. The number of likely N-dealkylation sites (tertiary alicyclic amines) is 1. The maximum atomic E-state index is 13.1. The molecule has 1 saturated heterocycles. The van der Waals surface area contributed by atoms with Crippen LogP contribution < -0.4 is 14.8 Å². The van der Waals surface area contributed by atoms with E-state index in [2.05, 4.69) is 5.32 Å². The summed E-state index contributed by atoms with van der Waals surface area (Å²) in [5.74, 6) is 1.09. The van der Waals surface area contributed by atoms with Crippen LogP contribution in [0.1, 0.15) is 43.0 Å². The highest BCUT2D eigenvalue weighted by atomic mass is 32.2. The summed E-state index contributed by atoms with van der Waals surface area (Å²) in [6.45, 7) is 3.38. The minimum atomic E-state index is -0.362. The molecule has 0 bridgehead atoms. The van der Waals surface area contributed by atoms with Crippen LogP contribution in [0.15, 0.2) is 47.4 Å². The Hall–Kier alpha value is -2.67. The Morgan fingerprint density at radius 3 is 2.32 bits per heavy atom. The fourth-order valence-corrected chi connectivity index (χ4v) is 4.50. The van der Waals surface area contributed by atoms with Crippen LogP contribution in [0.25, 0.3) is 0 Å². The summed E-state index contributed by atoms with van der Waals surface area (Å²) in [5, 5.41) is 2.59. The summed E-state index contributed by atoms with van der Waals surface area (Å²) in [6.07, 6.45) is 4.37. The number of rotatable bonds is 7. The molecule has 7 heteroatoms. The van der Waals surface area contributed by atoms with Gasteiger partial charge in [0.1, 0.15) is 0 Å². The second kappa shape index (κ2) is 11.1. The molecule has 2 aromatic rings. The van der Waals surface area contributed by atoms with Gasteiger partial charge in [-0.05, 0) is 50.1 Å². The smallest absolute Gasteiger partial charge is 0.255 e. The first-order valence-electron chi connectivity index (χ1n) is 10.6. The minimum Gasteiger partial charge on any atom is -0.493 e. The molecule has 0 aromatic heterocycles. The van der Waals surface area contributed by atoms with E-state index >= 15 is 0 Å². The Labute approximate surface area is 188 Å². The molecule has 1 aliphatic rings. The van der Waals surface area contributed by atoms with E-state index < -0.39 is 0 Å². The molecular formula is C24H30N2O4S. The second-order valence-corrected chi connectivity index (χ2v) is 8.93. The molecule has 1 heterocycles. The largest absolute Gasteiger partial charge is 0.493 e. The van der Waals surface area contributed by atoms with Crippen molar-refractivity contribution < 1.29 is 19.1 Å². The zero-order valence-corrected chi connectivity index (χ0v) is 19.2. The topological polar surface area (TPSA) is 67.9 Å². The molecule has 0 aliphatic carbocycles. The van der Waals surface area contributed by atoms with E-state index in [4.69, 9.17) is 9.47 Å². The number of amides is 2. The van der Waals surface area contributed by atoms with Crippen LogP contribution in [-0.2, 0) is 4.79 Å². The van der Waals surface area contributed by atoms with Crippen molar-refractivity contribution in [1.82, 2.24) is 4.90 Å². The average Bonchev–Trinajstić information content (AvgIpc) is 3.08. The normalized spacial score (nSPS) is 15.0. The van der Waals surface area contributed by atoms with Gasteiger partial charge in [-0.25, -0.2) is 0 Å². The molecule has 2 amide bonds. The molecule has 1 atom stereocenters. The molecule has 166 valence electrons. The second-order valence-electron chi connectivity index (χ2n) is 7.52. The highest BCUT2D eigenvalue weighted by Gasteiger charge is 2.22. The van der Waals surface area contributed by atoms with Crippen molar-refractivity contribution in [3.63, 3.8) is 0 Å². The van der Waals surface area contributed by atoms with Crippen molar-refractivity contribution in [2.24, 2.45) is 0 Å². The van der Waals surface area contributed by atoms with Gasteiger partial charge in [0.25, 0.3) is 5.91 Å². The van der Waals surface area contributed by atoms with Gasteiger partial charge in [0.15, 0.2) is 11.5 Å². The van der Waals surface area contributed by atoms with Crippen LogP contribution in [-0.4, -0.2) is 49.3 Å². The maximum Gasteiger partial charge on any atom is 0.255 e. The lowest BCUT2D eigenvalue weighted by molar-refractivity contribution is -0.115. The lowest BCUT2D eigenvalue weighted by Gasteiger charge is -2.22. The third-order valence-corrected chi connectivity index (χ3v) is 6.44. The van der Waals surface area contributed by atoms with Crippen molar-refractivity contribution in [2.45, 2.75) is 42.8 Å². The monoisotopic (exact) mass is 442 g/mol. The lowest BCUT2D eigenvalue weighted by Crippen LogP contribution is -2.33. The number of benzene rings is 2. The van der Waals surface area contributed by atoms with Gasteiger partial charge in [-0.2, -0.15) is 0 Å². The van der Waals surface area contributed by atoms with Crippen LogP contribution in [0.5, 0.6) is 11.5 Å². The number of nitrogens with zero attached hydrogens (tertiary/aromatic N) is 1. The fourth-order valence-electron chi connectivity index (χ4n) is 3.60. The summed E-state index contributed by atoms with van der Waals surface area (Å²) in [5.41, 5.74) is 1.10. The van der Waals surface area contributed by atoms with E-state index in [0.29, 0.717) is 22.7 Å². The summed E-state index contributed by atoms with van der Waals surface area (Å²) in [7, 11) is 3.17. The lowest BCUT2D eigenvalue weighted by atomic mass is 10.1. The number of nitrogens with one attached hydrogen (secondary N) is 1. The third-order valence-electron chi connectivity index (χ3n) is 5.35. The number of thioether (sulfide) groups is 1. The van der Waals surface area contributed by atoms with E-state index in [1.807, 2.05) is 42.2 Å². The minimum absolute atomic E-state index is 0.0157. The van der Waals surface area contributed by atoms with E-state index in [1.165, 1.54) is 11.8 Å². The maximum absolute atomic E-state index is 13.1. The van der Waals surface area contributed by atoms with Crippen LogP contribution >= 0.6 is 11.8 Å². The first-order chi connectivity index (χ1) is 15.0. The zero-order valence-electron chi connectivity index (χ0n) is 18.3. The zero-order chi connectivity index (χ0) is 22.2. The number of anilines is 1. The van der Waals surface area contributed by atoms with Crippen molar-refractivity contribution in [3.05, 3.63) is 48.0 Å². The number of carbonyl (C=O) groups excluding carboxylic acids is 2. The van der Waals surface area contributed by atoms with Crippen molar-refractivity contribution in [1.29, 1.82) is 0 Å². The molecule has 6 nitrogen and oxygen atoms in total. The number of hydrogen-bond acceptors (Lipinski definition) is 5. The Balaban J connectivity index is 1.69. The summed E-state index contributed by atoms with van der Waals surface area (Å²) in [6, 6.07) is 12.8. The molecule has 3 rings (SSSR count). The van der Waals surface area contributed by atoms with E-state index in [0.717, 1.165) is 43.7 Å². The quantitative estimate of drug-likeness (QED) is 0.622. The Morgan fingerprint density at radius 1 is 0.968 bits per heavy atom. The predicted octanol–water partition coefficient (Wildman–Crippen LogP) is 4.84. The van der Waals surface area contributed by atoms with Crippen LogP contribution in [0, 0.1) is 0 Å². The summed E-state index contributed by atoms with van der Waals surface area (Å²) < 4.78 is 10.6. The van der Waals surface area contributed by atoms with Gasteiger partial charge in [-0.1, -0.05) is 25.0 Å². The molecule has 0 saturated carbocycles. The first kappa shape index (κ1) is 23.0. The first-order valence-corrected chi connectivity index (χ1v) is 11.5. The van der Waals surface area contributed by atoms with Gasteiger partial charge in [0.2, 0.25) is 5.91 Å². The van der Waals surface area contributed by atoms with Crippen molar-refractivity contribution in [2.75, 3.05) is 32.6 Å². The molecule has 1 N–H and O–H groups in total. The number of carbonyl (C=O) groups is 2. The van der Waals surface area contributed by atoms with Gasteiger partial charge >= 0.3 is 0 Å². The average molecular weight is 443 g/mol. The molecule has 0 unspecified atom stereocenters. The number of ether oxygens (including phenoxy) is 2. The van der Waals surface area contributed by atoms with E-state index in [9.17, 15) is 9.59 Å². The molecular weight excluding hydrogens is 412 g/mol. The van der Waals surface area contributed by atoms with Crippen LogP contribution in [0.3, 0.4) is 0 Å². The standard InChI is InChI=1S/C24H30N2O4S/c1-17(31-18-12-13-21(29-2)22(16-18)30-3)23(27)25-20-11-7-6-10-19(20)24(28)26-14-8-4-5-9-15-26/h6-7,10-13,16-17H,4-5,8-9,14-15H2,1-3H3,(H,25,27)/t17-/m0/s1. The van der Waals surface area contributed by atoms with Gasteiger partial charge in [0, 0.05) is 18.0 Å². The number of para-hydroxylation sites is 1. The Kier molecular flexibility index (Phi) is 8.23. The van der Waals surface area contributed by atoms with Crippen molar-refractivity contribution >= 4 is 29.3 Å². The van der Waals surface area contributed by atoms with E-state index in [-0.39, 0.29) is 17.1 Å².